The predicted octanol–water partition coefficient (Wildman–Crippen LogP) is 8.21. The molecule has 0 aliphatic carbocycles. The fraction of sp³-hybridized carbons (Fsp3) is 0.741. The minimum Gasteiger partial charge on any atom is -0.492 e. The zero-order valence-electron chi connectivity index (χ0n) is 20.2. The van der Waals surface area contributed by atoms with Gasteiger partial charge >= 0.3 is 0 Å². The molecule has 1 aliphatic rings. The first-order chi connectivity index (χ1) is 15.7. The van der Waals surface area contributed by atoms with Crippen molar-refractivity contribution in [1.29, 1.82) is 0 Å². The van der Waals surface area contributed by atoms with E-state index in [0.717, 1.165) is 55.6 Å². The van der Waals surface area contributed by atoms with Crippen LogP contribution < -0.4 is 4.74 Å². The van der Waals surface area contributed by atoms with E-state index in [-0.39, 0.29) is 0 Å². The van der Waals surface area contributed by atoms with Gasteiger partial charge in [0.05, 0.1) is 24.8 Å². The highest BCUT2D eigenvalue weighted by Gasteiger charge is 2.16. The van der Waals surface area contributed by atoms with Gasteiger partial charge in [-0.05, 0) is 24.6 Å². The molecule has 3 nitrogen and oxygen atoms in total. The summed E-state index contributed by atoms with van der Waals surface area (Å²) in [6.45, 7) is 6.15. The number of thiocarbonyl (C=S) groups is 1. The Balaban J connectivity index is 1.46. The van der Waals surface area contributed by atoms with E-state index in [2.05, 4.69) is 11.8 Å². The van der Waals surface area contributed by atoms with Crippen molar-refractivity contribution in [3.8, 4) is 5.75 Å². The van der Waals surface area contributed by atoms with Crippen LogP contribution in [0.1, 0.15) is 102 Å². The van der Waals surface area contributed by atoms with Crippen LogP contribution in [0.5, 0.6) is 5.75 Å². The molecule has 182 valence electrons. The van der Waals surface area contributed by atoms with Crippen LogP contribution in [0.4, 0.5) is 0 Å². The van der Waals surface area contributed by atoms with Gasteiger partial charge in [0.1, 0.15) is 10.7 Å². The quantitative estimate of drug-likeness (QED) is 0.165. The van der Waals surface area contributed by atoms with E-state index in [9.17, 15) is 0 Å². The van der Waals surface area contributed by atoms with Crippen molar-refractivity contribution >= 4 is 28.8 Å². The van der Waals surface area contributed by atoms with Crippen LogP contribution in [-0.2, 0) is 4.74 Å². The van der Waals surface area contributed by atoms with Gasteiger partial charge in [0.2, 0.25) is 0 Å². The van der Waals surface area contributed by atoms with E-state index in [4.69, 9.17) is 33.3 Å². The zero-order valence-corrected chi connectivity index (χ0v) is 21.8. The van der Waals surface area contributed by atoms with Crippen molar-refractivity contribution in [2.75, 3.05) is 32.9 Å². The van der Waals surface area contributed by atoms with Crippen LogP contribution in [-0.4, -0.2) is 42.8 Å². The monoisotopic (exact) mass is 481 g/mol. The van der Waals surface area contributed by atoms with E-state index in [1.807, 2.05) is 18.2 Å². The van der Waals surface area contributed by atoms with Crippen LogP contribution in [0.15, 0.2) is 18.2 Å². The van der Waals surface area contributed by atoms with Crippen molar-refractivity contribution < 1.29 is 9.47 Å². The topological polar surface area (TPSA) is 21.7 Å². The SMILES string of the molecule is CCCCCCCCCCCCCCCCOc1ccc(C(=S)N2CCOCC2)cc1Cl. The summed E-state index contributed by atoms with van der Waals surface area (Å²) in [5.41, 5.74) is 0.982. The lowest BCUT2D eigenvalue weighted by atomic mass is 10.0. The first kappa shape index (κ1) is 27.4. The minimum atomic E-state index is 0.642. The van der Waals surface area contributed by atoms with Crippen LogP contribution in [0, 0.1) is 0 Å². The molecule has 0 N–H and O–H groups in total. The van der Waals surface area contributed by atoms with E-state index < -0.39 is 0 Å². The van der Waals surface area contributed by atoms with Gasteiger partial charge in [-0.3, -0.25) is 0 Å². The lowest BCUT2D eigenvalue weighted by molar-refractivity contribution is 0.0693. The van der Waals surface area contributed by atoms with Gasteiger partial charge in [0, 0.05) is 18.7 Å². The summed E-state index contributed by atoms with van der Waals surface area (Å²) in [6.07, 6.45) is 19.1. The van der Waals surface area contributed by atoms with E-state index in [1.165, 1.54) is 83.5 Å². The molecule has 0 aromatic heterocycles. The standard InChI is InChI=1S/C27H44ClNO2S/c1-2-3-4-5-6-7-8-9-10-11-12-13-14-15-20-31-26-17-16-24(23-25(26)28)27(32)29-18-21-30-22-19-29/h16-17,23H,2-15,18-22H2,1H3. The molecule has 0 unspecified atom stereocenters. The Morgan fingerprint density at radius 3 is 1.94 bits per heavy atom. The van der Waals surface area contributed by atoms with E-state index in [1.54, 1.807) is 0 Å². The van der Waals surface area contributed by atoms with Crippen LogP contribution in [0.2, 0.25) is 5.02 Å². The summed E-state index contributed by atoms with van der Waals surface area (Å²) >= 11 is 12.1. The van der Waals surface area contributed by atoms with Gasteiger partial charge in [0.15, 0.2) is 0 Å². The summed E-state index contributed by atoms with van der Waals surface area (Å²) in [4.78, 5) is 3.02. The number of unbranched alkanes of at least 4 members (excludes halogenated alkanes) is 13. The Kier molecular flexibility index (Phi) is 15.1. The first-order valence-electron chi connectivity index (χ1n) is 13.0. The maximum absolute atomic E-state index is 6.45. The van der Waals surface area contributed by atoms with Crippen LogP contribution in [0.25, 0.3) is 0 Å². The van der Waals surface area contributed by atoms with Gasteiger partial charge < -0.3 is 14.4 Å². The molecule has 0 saturated carbocycles. The van der Waals surface area contributed by atoms with Gasteiger partial charge in [-0.2, -0.15) is 0 Å². The summed E-state index contributed by atoms with van der Waals surface area (Å²) in [5.74, 6) is 0.759. The lowest BCUT2D eigenvalue weighted by Crippen LogP contribution is -2.40. The van der Waals surface area contributed by atoms with Crippen molar-refractivity contribution in [1.82, 2.24) is 4.90 Å². The number of morpholine rings is 1. The molecule has 0 radical (unpaired) electrons. The number of ether oxygens (including phenoxy) is 2. The fourth-order valence-corrected chi connectivity index (χ4v) is 4.72. The molecule has 1 fully saturated rings. The average Bonchev–Trinajstić information content (AvgIpc) is 2.82. The molecule has 5 heteroatoms. The molecule has 1 aromatic rings. The molecule has 32 heavy (non-hydrogen) atoms. The van der Waals surface area contributed by atoms with Crippen molar-refractivity contribution in [2.24, 2.45) is 0 Å². The number of hydrogen-bond acceptors (Lipinski definition) is 3. The Morgan fingerprint density at radius 2 is 1.41 bits per heavy atom. The summed E-state index contributed by atoms with van der Waals surface area (Å²) in [7, 11) is 0. The average molecular weight is 482 g/mol. The second-order valence-electron chi connectivity index (χ2n) is 8.99. The fourth-order valence-electron chi connectivity index (χ4n) is 4.18. The Hall–Kier alpha value is -0.840. The van der Waals surface area contributed by atoms with Crippen molar-refractivity contribution in [2.45, 2.75) is 96.8 Å². The summed E-state index contributed by atoms with van der Waals surface area (Å²) in [5, 5.41) is 0.642. The highest BCUT2D eigenvalue weighted by atomic mass is 35.5. The second kappa shape index (κ2) is 17.6. The van der Waals surface area contributed by atoms with Gasteiger partial charge in [-0.25, -0.2) is 0 Å². The van der Waals surface area contributed by atoms with Gasteiger partial charge in [-0.1, -0.05) is 114 Å². The van der Waals surface area contributed by atoms with E-state index >= 15 is 0 Å². The Bertz CT molecular complexity index is 634. The third-order valence-electron chi connectivity index (χ3n) is 6.23. The van der Waals surface area contributed by atoms with Crippen LogP contribution >= 0.6 is 23.8 Å². The number of rotatable bonds is 17. The predicted molar refractivity (Wildman–Crippen MR) is 141 cm³/mol. The molecule has 0 spiro atoms. The maximum atomic E-state index is 6.45. The number of halogens is 1. The number of nitrogens with zero attached hydrogens (tertiary/aromatic N) is 1. The lowest BCUT2D eigenvalue weighted by Gasteiger charge is -2.29. The smallest absolute Gasteiger partial charge is 0.137 e. The molecule has 1 aromatic carbocycles. The first-order valence-corrected chi connectivity index (χ1v) is 13.8. The number of hydrogen-bond donors (Lipinski definition) is 0. The van der Waals surface area contributed by atoms with E-state index in [0.29, 0.717) is 5.02 Å². The molecular formula is C27H44ClNO2S. The molecule has 0 bridgehead atoms. The summed E-state index contributed by atoms with van der Waals surface area (Å²) in [6, 6.07) is 5.90. The molecular weight excluding hydrogens is 438 g/mol. The largest absolute Gasteiger partial charge is 0.492 e. The molecule has 1 aliphatic heterocycles. The second-order valence-corrected chi connectivity index (χ2v) is 9.79. The third-order valence-corrected chi connectivity index (χ3v) is 7.02. The highest BCUT2D eigenvalue weighted by molar-refractivity contribution is 7.80. The highest BCUT2D eigenvalue weighted by Crippen LogP contribution is 2.27. The Morgan fingerprint density at radius 1 is 0.875 bits per heavy atom. The molecule has 0 amide bonds. The molecule has 1 heterocycles. The van der Waals surface area contributed by atoms with Crippen molar-refractivity contribution in [3.63, 3.8) is 0 Å². The van der Waals surface area contributed by atoms with Gasteiger partial charge in [0.25, 0.3) is 0 Å². The summed E-state index contributed by atoms with van der Waals surface area (Å²) < 4.78 is 11.3. The van der Waals surface area contributed by atoms with Gasteiger partial charge in [-0.15, -0.1) is 0 Å². The minimum absolute atomic E-state index is 0.642. The number of benzene rings is 1. The molecule has 0 atom stereocenters. The Labute approximate surface area is 207 Å². The molecule has 2 rings (SSSR count). The molecule has 1 saturated heterocycles. The van der Waals surface area contributed by atoms with Crippen LogP contribution in [0.3, 0.4) is 0 Å². The third kappa shape index (κ3) is 11.3. The zero-order chi connectivity index (χ0) is 22.9. The maximum Gasteiger partial charge on any atom is 0.137 e. The normalized spacial score (nSPS) is 14.0. The van der Waals surface area contributed by atoms with Crippen molar-refractivity contribution in [3.05, 3.63) is 28.8 Å².